The summed E-state index contributed by atoms with van der Waals surface area (Å²) in [6.45, 7) is 0.140. The molecule has 0 atom stereocenters. The van der Waals surface area contributed by atoms with Gasteiger partial charge in [0, 0.05) is 16.9 Å². The number of halogens is 1. The molecule has 0 aliphatic rings. The van der Waals surface area contributed by atoms with Crippen LogP contribution in [0.15, 0.2) is 65.8 Å². The summed E-state index contributed by atoms with van der Waals surface area (Å²) in [6.07, 6.45) is 5.21. The van der Waals surface area contributed by atoms with E-state index in [1.165, 1.54) is 6.21 Å². The zero-order chi connectivity index (χ0) is 15.6. The molecule has 2 rings (SSSR count). The van der Waals surface area contributed by atoms with Gasteiger partial charge in [-0.15, -0.1) is 0 Å². The molecule has 0 aliphatic carbocycles. The summed E-state index contributed by atoms with van der Waals surface area (Å²) in [4.78, 5) is 11.6. The van der Waals surface area contributed by atoms with Crippen LogP contribution in [0.4, 0.5) is 5.69 Å². The zero-order valence-corrected chi connectivity index (χ0v) is 12.6. The van der Waals surface area contributed by atoms with Gasteiger partial charge in [0.2, 0.25) is 0 Å². The molecule has 0 spiro atoms. The van der Waals surface area contributed by atoms with Gasteiger partial charge in [0.05, 0.1) is 6.54 Å². The van der Waals surface area contributed by atoms with Crippen molar-refractivity contribution in [3.05, 3.63) is 71.3 Å². The molecule has 0 aliphatic heterocycles. The van der Waals surface area contributed by atoms with E-state index in [1.807, 2.05) is 48.5 Å². The molecule has 0 heterocycles. The Hall–Kier alpha value is -2.59. The highest BCUT2D eigenvalue weighted by Gasteiger charge is 1.98. The van der Waals surface area contributed by atoms with Gasteiger partial charge in [-0.25, -0.2) is 5.43 Å². The van der Waals surface area contributed by atoms with Gasteiger partial charge < -0.3 is 5.32 Å². The Morgan fingerprint density at radius 2 is 1.82 bits per heavy atom. The number of allylic oxidation sites excluding steroid dienone is 1. The minimum absolute atomic E-state index is 0.140. The molecule has 5 heteroatoms. The Kier molecular flexibility index (Phi) is 6.20. The van der Waals surface area contributed by atoms with Crippen LogP contribution in [0.5, 0.6) is 0 Å². The third-order valence-corrected chi connectivity index (χ3v) is 2.99. The maximum atomic E-state index is 11.6. The molecule has 22 heavy (non-hydrogen) atoms. The highest BCUT2D eigenvalue weighted by Crippen LogP contribution is 2.12. The van der Waals surface area contributed by atoms with Gasteiger partial charge in [0.15, 0.2) is 0 Å². The van der Waals surface area contributed by atoms with Gasteiger partial charge in [-0.1, -0.05) is 48.0 Å². The first-order chi connectivity index (χ1) is 10.7. The van der Waals surface area contributed by atoms with Crippen molar-refractivity contribution in [1.29, 1.82) is 0 Å². The molecule has 1 amide bonds. The Morgan fingerprint density at radius 3 is 2.55 bits per heavy atom. The summed E-state index contributed by atoms with van der Waals surface area (Å²) in [5.41, 5.74) is 4.34. The summed E-state index contributed by atoms with van der Waals surface area (Å²) >= 11 is 5.78. The van der Waals surface area contributed by atoms with E-state index in [1.54, 1.807) is 18.2 Å². The number of amides is 1. The second kappa shape index (κ2) is 8.64. The zero-order valence-electron chi connectivity index (χ0n) is 11.9. The van der Waals surface area contributed by atoms with Gasteiger partial charge in [-0.05, 0) is 35.9 Å². The lowest BCUT2D eigenvalue weighted by Gasteiger charge is -2.04. The predicted octanol–water partition coefficient (Wildman–Crippen LogP) is 3.57. The van der Waals surface area contributed by atoms with E-state index >= 15 is 0 Å². The topological polar surface area (TPSA) is 53.5 Å². The van der Waals surface area contributed by atoms with Gasteiger partial charge in [0.1, 0.15) is 0 Å². The number of rotatable bonds is 6. The van der Waals surface area contributed by atoms with Crippen molar-refractivity contribution in [3.8, 4) is 0 Å². The van der Waals surface area contributed by atoms with Crippen molar-refractivity contribution >= 4 is 35.5 Å². The molecular weight excluding hydrogens is 298 g/mol. The van der Waals surface area contributed by atoms with Crippen LogP contribution >= 0.6 is 11.6 Å². The van der Waals surface area contributed by atoms with E-state index < -0.39 is 0 Å². The lowest BCUT2D eigenvalue weighted by Crippen LogP contribution is -2.25. The summed E-state index contributed by atoms with van der Waals surface area (Å²) in [6, 6.07) is 17.0. The molecule has 2 aromatic rings. The number of hydrazone groups is 1. The standard InChI is InChI=1S/C17H16ClN3O/c18-15-8-10-16(11-9-15)19-13-17(22)21-20-12-4-7-14-5-2-1-3-6-14/h1-12,19H,13H2,(H,21,22)/b7-4+,20-12-. The second-order valence-electron chi connectivity index (χ2n) is 4.44. The van der Waals surface area contributed by atoms with Gasteiger partial charge in [-0.2, -0.15) is 5.10 Å². The van der Waals surface area contributed by atoms with Crippen molar-refractivity contribution in [2.45, 2.75) is 0 Å². The molecule has 112 valence electrons. The average Bonchev–Trinajstić information content (AvgIpc) is 2.55. The van der Waals surface area contributed by atoms with Crippen molar-refractivity contribution in [3.63, 3.8) is 0 Å². The fourth-order valence-electron chi connectivity index (χ4n) is 1.66. The lowest BCUT2D eigenvalue weighted by molar-refractivity contribution is -0.119. The number of carbonyl (C=O) groups is 1. The molecule has 0 aromatic heterocycles. The molecular formula is C17H16ClN3O. The quantitative estimate of drug-likeness (QED) is 0.633. The summed E-state index contributed by atoms with van der Waals surface area (Å²) in [7, 11) is 0. The van der Waals surface area contributed by atoms with Crippen LogP contribution in [0.3, 0.4) is 0 Å². The highest BCUT2D eigenvalue weighted by atomic mass is 35.5. The molecule has 4 nitrogen and oxygen atoms in total. The van der Waals surface area contributed by atoms with Crippen molar-refractivity contribution in [2.75, 3.05) is 11.9 Å². The molecule has 0 bridgehead atoms. The molecule has 2 aromatic carbocycles. The maximum Gasteiger partial charge on any atom is 0.259 e. The fourth-order valence-corrected chi connectivity index (χ4v) is 1.79. The smallest absolute Gasteiger partial charge is 0.259 e. The first kappa shape index (κ1) is 15.8. The van der Waals surface area contributed by atoms with E-state index in [9.17, 15) is 4.79 Å². The summed E-state index contributed by atoms with van der Waals surface area (Å²) < 4.78 is 0. The van der Waals surface area contributed by atoms with Crippen molar-refractivity contribution in [2.24, 2.45) is 5.10 Å². The van der Waals surface area contributed by atoms with E-state index in [-0.39, 0.29) is 12.5 Å². The van der Waals surface area contributed by atoms with Crippen LogP contribution in [0.1, 0.15) is 5.56 Å². The number of benzene rings is 2. The van der Waals surface area contributed by atoms with E-state index in [0.717, 1.165) is 11.3 Å². The largest absolute Gasteiger partial charge is 0.376 e. The molecule has 2 N–H and O–H groups in total. The number of nitrogens with one attached hydrogen (secondary N) is 2. The number of anilines is 1. The van der Waals surface area contributed by atoms with Crippen LogP contribution in [0, 0.1) is 0 Å². The fraction of sp³-hybridized carbons (Fsp3) is 0.0588. The second-order valence-corrected chi connectivity index (χ2v) is 4.88. The average molecular weight is 314 g/mol. The van der Waals surface area contributed by atoms with Gasteiger partial charge >= 0.3 is 0 Å². The third-order valence-electron chi connectivity index (χ3n) is 2.74. The molecule has 0 radical (unpaired) electrons. The van der Waals surface area contributed by atoms with E-state index in [2.05, 4.69) is 15.8 Å². The van der Waals surface area contributed by atoms with Crippen LogP contribution in [0.2, 0.25) is 5.02 Å². The monoisotopic (exact) mass is 313 g/mol. The third kappa shape index (κ3) is 5.81. The number of hydrogen-bond donors (Lipinski definition) is 2. The Morgan fingerprint density at radius 1 is 1.09 bits per heavy atom. The first-order valence-corrected chi connectivity index (χ1v) is 7.15. The number of hydrogen-bond acceptors (Lipinski definition) is 3. The van der Waals surface area contributed by atoms with Crippen LogP contribution < -0.4 is 10.7 Å². The highest BCUT2D eigenvalue weighted by molar-refractivity contribution is 6.30. The molecule has 0 fully saturated rings. The molecule has 0 saturated carbocycles. The van der Waals surface area contributed by atoms with Gasteiger partial charge in [-0.3, -0.25) is 4.79 Å². The number of carbonyl (C=O) groups excluding carboxylic acids is 1. The van der Waals surface area contributed by atoms with Crippen molar-refractivity contribution in [1.82, 2.24) is 5.43 Å². The summed E-state index contributed by atoms with van der Waals surface area (Å²) in [5, 5.41) is 7.47. The minimum Gasteiger partial charge on any atom is -0.376 e. The Balaban J connectivity index is 1.70. The molecule has 0 saturated heterocycles. The van der Waals surface area contributed by atoms with Crippen LogP contribution in [-0.2, 0) is 4.79 Å². The predicted molar refractivity (Wildman–Crippen MR) is 92.1 cm³/mol. The molecule has 0 unspecified atom stereocenters. The van der Waals surface area contributed by atoms with E-state index in [0.29, 0.717) is 5.02 Å². The summed E-state index contributed by atoms with van der Waals surface area (Å²) in [5.74, 6) is -0.223. The maximum absolute atomic E-state index is 11.6. The minimum atomic E-state index is -0.223. The first-order valence-electron chi connectivity index (χ1n) is 6.77. The van der Waals surface area contributed by atoms with Crippen LogP contribution in [-0.4, -0.2) is 18.7 Å². The van der Waals surface area contributed by atoms with Crippen LogP contribution in [0.25, 0.3) is 6.08 Å². The Labute approximate surface area is 134 Å². The lowest BCUT2D eigenvalue weighted by atomic mass is 10.2. The SMILES string of the molecule is O=C(CNc1ccc(Cl)cc1)N/N=C\C=C\c1ccccc1. The van der Waals surface area contributed by atoms with Gasteiger partial charge in [0.25, 0.3) is 5.91 Å². The van der Waals surface area contributed by atoms with Crippen molar-refractivity contribution < 1.29 is 4.79 Å². The normalized spacial score (nSPS) is 11.0. The Bertz CT molecular complexity index is 651. The van der Waals surface area contributed by atoms with E-state index in [4.69, 9.17) is 11.6 Å². The number of nitrogens with zero attached hydrogens (tertiary/aromatic N) is 1.